The Hall–Kier alpha value is -2.75. The van der Waals surface area contributed by atoms with Crippen molar-refractivity contribution in [3.63, 3.8) is 0 Å². The number of hydrogen-bond donors (Lipinski definition) is 2. The first kappa shape index (κ1) is 19.0. The first-order valence-corrected chi connectivity index (χ1v) is 8.96. The van der Waals surface area contributed by atoms with Gasteiger partial charge in [-0.25, -0.2) is 0 Å². The molecule has 27 heavy (non-hydrogen) atoms. The van der Waals surface area contributed by atoms with Crippen molar-refractivity contribution in [1.29, 1.82) is 0 Å². The molecule has 1 aromatic heterocycles. The lowest BCUT2D eigenvalue weighted by Gasteiger charge is -2.08. The molecule has 4 heteroatoms. The maximum atomic E-state index is 5.82. The van der Waals surface area contributed by atoms with E-state index in [9.17, 15) is 0 Å². The van der Waals surface area contributed by atoms with E-state index in [2.05, 4.69) is 52.9 Å². The van der Waals surface area contributed by atoms with Crippen LogP contribution in [0.1, 0.15) is 11.1 Å². The van der Waals surface area contributed by atoms with Crippen LogP contribution >= 0.6 is 12.4 Å². The highest BCUT2D eigenvalue weighted by Crippen LogP contribution is 2.21. The van der Waals surface area contributed by atoms with Crippen molar-refractivity contribution in [2.75, 3.05) is 6.54 Å². The maximum Gasteiger partial charge on any atom is 0.127 e. The SMILES string of the molecule is Cl.c1ccc(Oc2ccc(CNCCc3c[nH]c4ccccc34)cc2)cc1. The normalized spacial score (nSPS) is 10.5. The Labute approximate surface area is 165 Å². The molecule has 0 spiro atoms. The summed E-state index contributed by atoms with van der Waals surface area (Å²) >= 11 is 0. The van der Waals surface area contributed by atoms with Crippen LogP contribution in [0.25, 0.3) is 10.9 Å². The number of benzene rings is 3. The summed E-state index contributed by atoms with van der Waals surface area (Å²) in [5, 5.41) is 4.84. The molecule has 138 valence electrons. The van der Waals surface area contributed by atoms with Gasteiger partial charge in [-0.2, -0.15) is 0 Å². The van der Waals surface area contributed by atoms with Crippen LogP contribution in [0, 0.1) is 0 Å². The third-order valence-corrected chi connectivity index (χ3v) is 4.48. The summed E-state index contributed by atoms with van der Waals surface area (Å²) in [6.45, 7) is 1.80. The van der Waals surface area contributed by atoms with Crippen molar-refractivity contribution >= 4 is 23.3 Å². The van der Waals surface area contributed by atoms with Crippen LogP contribution in [0.5, 0.6) is 11.5 Å². The van der Waals surface area contributed by atoms with Crippen molar-refractivity contribution < 1.29 is 4.74 Å². The average molecular weight is 379 g/mol. The molecule has 4 rings (SSSR count). The molecule has 0 radical (unpaired) electrons. The molecular formula is C23H23ClN2O. The minimum Gasteiger partial charge on any atom is -0.457 e. The molecule has 0 saturated carbocycles. The van der Waals surface area contributed by atoms with Gasteiger partial charge in [-0.05, 0) is 54.4 Å². The van der Waals surface area contributed by atoms with Crippen LogP contribution < -0.4 is 10.1 Å². The van der Waals surface area contributed by atoms with Gasteiger partial charge in [0.2, 0.25) is 0 Å². The van der Waals surface area contributed by atoms with E-state index in [1.165, 1.54) is 22.0 Å². The largest absolute Gasteiger partial charge is 0.457 e. The molecule has 2 N–H and O–H groups in total. The number of H-pyrrole nitrogens is 1. The molecule has 0 fully saturated rings. The number of ether oxygens (including phenoxy) is 1. The highest BCUT2D eigenvalue weighted by molar-refractivity contribution is 5.85. The van der Waals surface area contributed by atoms with Crippen LogP contribution in [0.4, 0.5) is 0 Å². The molecule has 0 saturated heterocycles. The number of hydrogen-bond acceptors (Lipinski definition) is 2. The molecule has 0 atom stereocenters. The lowest BCUT2D eigenvalue weighted by molar-refractivity contribution is 0.482. The summed E-state index contributed by atoms with van der Waals surface area (Å²) < 4.78 is 5.82. The van der Waals surface area contributed by atoms with E-state index in [1.807, 2.05) is 42.5 Å². The molecule has 4 aromatic rings. The fraction of sp³-hybridized carbons (Fsp3) is 0.130. The molecule has 0 aliphatic heterocycles. The van der Waals surface area contributed by atoms with Crippen molar-refractivity contribution in [1.82, 2.24) is 10.3 Å². The van der Waals surface area contributed by atoms with Gasteiger partial charge in [0.1, 0.15) is 11.5 Å². The second-order valence-electron chi connectivity index (χ2n) is 6.35. The Bertz CT molecular complexity index is 965. The standard InChI is InChI=1S/C23H22N2O.ClH/c1-2-6-20(7-3-1)26-21-12-10-18(11-13-21)16-24-15-14-19-17-25-23-9-5-4-8-22(19)23;/h1-13,17,24-25H,14-16H2;1H. The van der Waals surface area contributed by atoms with E-state index in [4.69, 9.17) is 4.74 Å². The van der Waals surface area contributed by atoms with Crippen molar-refractivity contribution in [2.45, 2.75) is 13.0 Å². The zero-order chi connectivity index (χ0) is 17.6. The van der Waals surface area contributed by atoms with Gasteiger partial charge in [0.25, 0.3) is 0 Å². The Balaban J connectivity index is 0.00000210. The average Bonchev–Trinajstić information content (AvgIpc) is 3.11. The Kier molecular flexibility index (Phi) is 6.53. The monoisotopic (exact) mass is 378 g/mol. The molecule has 0 aliphatic carbocycles. The van der Waals surface area contributed by atoms with Gasteiger partial charge in [0, 0.05) is 23.6 Å². The minimum atomic E-state index is 0. The fourth-order valence-electron chi connectivity index (χ4n) is 3.09. The van der Waals surface area contributed by atoms with E-state index in [-0.39, 0.29) is 12.4 Å². The van der Waals surface area contributed by atoms with Gasteiger partial charge < -0.3 is 15.0 Å². The highest BCUT2D eigenvalue weighted by Gasteiger charge is 2.02. The van der Waals surface area contributed by atoms with Gasteiger partial charge in [0.05, 0.1) is 0 Å². The van der Waals surface area contributed by atoms with E-state index in [0.717, 1.165) is 31.0 Å². The van der Waals surface area contributed by atoms with Gasteiger partial charge in [0.15, 0.2) is 0 Å². The first-order chi connectivity index (χ1) is 12.9. The second-order valence-corrected chi connectivity index (χ2v) is 6.35. The minimum absolute atomic E-state index is 0. The van der Waals surface area contributed by atoms with Gasteiger partial charge in [-0.15, -0.1) is 12.4 Å². The van der Waals surface area contributed by atoms with Crippen LogP contribution in [-0.2, 0) is 13.0 Å². The molecule has 0 amide bonds. The molecule has 1 heterocycles. The predicted molar refractivity (Wildman–Crippen MR) is 114 cm³/mol. The van der Waals surface area contributed by atoms with Crippen LogP contribution in [0.15, 0.2) is 85.1 Å². The number of aromatic amines is 1. The molecule has 0 bridgehead atoms. The summed E-state index contributed by atoms with van der Waals surface area (Å²) in [6.07, 6.45) is 3.13. The molecule has 3 nitrogen and oxygen atoms in total. The number of fused-ring (bicyclic) bond motifs is 1. The summed E-state index contributed by atoms with van der Waals surface area (Å²) in [7, 11) is 0. The third-order valence-electron chi connectivity index (χ3n) is 4.48. The van der Waals surface area contributed by atoms with Gasteiger partial charge >= 0.3 is 0 Å². The number of halogens is 1. The third kappa shape index (κ3) is 4.91. The molecule has 0 aliphatic rings. The van der Waals surface area contributed by atoms with Gasteiger partial charge in [-0.3, -0.25) is 0 Å². The van der Waals surface area contributed by atoms with E-state index in [1.54, 1.807) is 0 Å². The second kappa shape index (κ2) is 9.26. The number of para-hydroxylation sites is 2. The van der Waals surface area contributed by atoms with Crippen molar-refractivity contribution in [2.24, 2.45) is 0 Å². The highest BCUT2D eigenvalue weighted by atomic mass is 35.5. The lowest BCUT2D eigenvalue weighted by Crippen LogP contribution is -2.16. The lowest BCUT2D eigenvalue weighted by atomic mass is 10.1. The van der Waals surface area contributed by atoms with Crippen LogP contribution in [-0.4, -0.2) is 11.5 Å². The molecular weight excluding hydrogens is 356 g/mol. The predicted octanol–water partition coefficient (Wildman–Crippen LogP) is 5.71. The maximum absolute atomic E-state index is 5.82. The molecule has 3 aromatic carbocycles. The summed E-state index contributed by atoms with van der Waals surface area (Å²) in [4.78, 5) is 3.33. The van der Waals surface area contributed by atoms with Gasteiger partial charge in [-0.1, -0.05) is 48.5 Å². The fourth-order valence-corrected chi connectivity index (χ4v) is 3.09. The summed E-state index contributed by atoms with van der Waals surface area (Å²) in [5.74, 6) is 1.72. The van der Waals surface area contributed by atoms with Crippen LogP contribution in [0.3, 0.4) is 0 Å². The summed E-state index contributed by atoms with van der Waals surface area (Å²) in [5.41, 5.74) is 3.82. The molecule has 0 unspecified atom stereocenters. The van der Waals surface area contributed by atoms with Crippen molar-refractivity contribution in [3.05, 3.63) is 96.2 Å². The first-order valence-electron chi connectivity index (χ1n) is 8.96. The van der Waals surface area contributed by atoms with E-state index < -0.39 is 0 Å². The summed E-state index contributed by atoms with van der Waals surface area (Å²) in [6, 6.07) is 26.5. The Morgan fingerprint density at radius 1 is 0.778 bits per heavy atom. The van der Waals surface area contributed by atoms with E-state index >= 15 is 0 Å². The van der Waals surface area contributed by atoms with Crippen molar-refractivity contribution in [3.8, 4) is 11.5 Å². The Morgan fingerprint density at radius 3 is 2.30 bits per heavy atom. The zero-order valence-corrected chi connectivity index (χ0v) is 15.8. The number of aromatic nitrogens is 1. The number of rotatable bonds is 7. The smallest absolute Gasteiger partial charge is 0.127 e. The van der Waals surface area contributed by atoms with E-state index in [0.29, 0.717) is 0 Å². The topological polar surface area (TPSA) is 37.0 Å². The van der Waals surface area contributed by atoms with Crippen LogP contribution in [0.2, 0.25) is 0 Å². The Morgan fingerprint density at radius 2 is 1.48 bits per heavy atom. The number of nitrogens with one attached hydrogen (secondary N) is 2. The quantitative estimate of drug-likeness (QED) is 0.404. The zero-order valence-electron chi connectivity index (χ0n) is 15.0.